The molecule has 0 bridgehead atoms. The summed E-state index contributed by atoms with van der Waals surface area (Å²) in [4.78, 5) is 0. The molecule has 2 unspecified atom stereocenters. The van der Waals surface area contributed by atoms with Crippen molar-refractivity contribution in [3.63, 3.8) is 0 Å². The SMILES string of the molecule is Cc1ccc2c(c1)C[PH](=O)c1cc3c(cc1-2)C[PH](=O)c1cc(C)ccc1-3. The molecule has 0 aromatic heterocycles. The van der Waals surface area contributed by atoms with E-state index < -0.39 is 15.6 Å². The summed E-state index contributed by atoms with van der Waals surface area (Å²) in [5, 5.41) is 1.96. The lowest BCUT2D eigenvalue weighted by molar-refractivity contribution is 0.592. The normalized spacial score (nSPS) is 19.9. The first-order valence-electron chi connectivity index (χ1n) is 8.95. The van der Waals surface area contributed by atoms with Crippen LogP contribution in [-0.2, 0) is 21.5 Å². The molecule has 3 aromatic rings. The van der Waals surface area contributed by atoms with Gasteiger partial charge in [-0.3, -0.25) is 0 Å². The zero-order chi connectivity index (χ0) is 18.0. The highest BCUT2D eigenvalue weighted by Gasteiger charge is 2.27. The Bertz CT molecular complexity index is 1150. The highest BCUT2D eigenvalue weighted by molar-refractivity contribution is 7.53. The van der Waals surface area contributed by atoms with Gasteiger partial charge in [-0.1, -0.05) is 41.5 Å². The number of rotatable bonds is 0. The standard InChI is InChI=1S/C22H20O2P2/c1-13-3-5-17-15(7-13)11-26(24)22-10-19-16(9-20(17)22)12-25(23)21-8-14(2)4-6-18(19)21/h3-10,25-26H,11-12H2,1-2H3. The van der Waals surface area contributed by atoms with Gasteiger partial charge in [-0.05, 0) is 65.4 Å². The number of hydrogen-bond donors (Lipinski definition) is 0. The predicted molar refractivity (Wildman–Crippen MR) is 111 cm³/mol. The first-order chi connectivity index (χ1) is 12.5. The summed E-state index contributed by atoms with van der Waals surface area (Å²) in [7, 11) is -3.68. The Labute approximate surface area is 154 Å². The number of fused-ring (bicyclic) bond motifs is 6. The maximum Gasteiger partial charge on any atom is 0.109 e. The van der Waals surface area contributed by atoms with Gasteiger partial charge >= 0.3 is 0 Å². The maximum absolute atomic E-state index is 13.0. The third kappa shape index (κ3) is 2.40. The first kappa shape index (κ1) is 16.3. The minimum atomic E-state index is -1.85. The second-order valence-corrected chi connectivity index (χ2v) is 10.9. The average Bonchev–Trinajstić information content (AvgIpc) is 2.61. The molecule has 3 aromatic carbocycles. The van der Waals surface area contributed by atoms with Gasteiger partial charge in [-0.2, -0.15) is 0 Å². The Balaban J connectivity index is 1.78. The van der Waals surface area contributed by atoms with Crippen LogP contribution < -0.4 is 10.6 Å². The van der Waals surface area contributed by atoms with Crippen molar-refractivity contribution in [3.8, 4) is 22.3 Å². The lowest BCUT2D eigenvalue weighted by Crippen LogP contribution is -2.16. The molecule has 0 fully saturated rings. The Morgan fingerprint density at radius 1 is 0.615 bits per heavy atom. The molecular formula is C22H20O2P2. The van der Waals surface area contributed by atoms with E-state index in [-0.39, 0.29) is 0 Å². The van der Waals surface area contributed by atoms with Gasteiger partial charge in [-0.15, -0.1) is 0 Å². The van der Waals surface area contributed by atoms with Gasteiger partial charge in [0.25, 0.3) is 0 Å². The molecule has 0 amide bonds. The van der Waals surface area contributed by atoms with E-state index >= 15 is 0 Å². The van der Waals surface area contributed by atoms with E-state index in [1.54, 1.807) is 0 Å². The van der Waals surface area contributed by atoms with Crippen molar-refractivity contribution >= 4 is 26.2 Å². The second-order valence-electron chi connectivity index (χ2n) is 7.46. The highest BCUT2D eigenvalue weighted by Crippen LogP contribution is 2.46. The summed E-state index contributed by atoms with van der Waals surface area (Å²) in [6.07, 6.45) is 1.25. The zero-order valence-electron chi connectivity index (χ0n) is 14.8. The summed E-state index contributed by atoms with van der Waals surface area (Å²) < 4.78 is 25.9. The summed E-state index contributed by atoms with van der Waals surface area (Å²) >= 11 is 0. The third-order valence-electron chi connectivity index (χ3n) is 5.56. The van der Waals surface area contributed by atoms with Crippen molar-refractivity contribution in [2.45, 2.75) is 26.2 Å². The van der Waals surface area contributed by atoms with Crippen molar-refractivity contribution < 1.29 is 9.13 Å². The lowest BCUT2D eigenvalue weighted by Gasteiger charge is -2.26. The van der Waals surface area contributed by atoms with E-state index in [9.17, 15) is 9.13 Å². The Morgan fingerprint density at radius 3 is 1.92 bits per heavy atom. The molecule has 26 heavy (non-hydrogen) atoms. The van der Waals surface area contributed by atoms with Crippen LogP contribution >= 0.6 is 15.6 Å². The van der Waals surface area contributed by atoms with Crippen molar-refractivity contribution in [3.05, 3.63) is 70.8 Å². The Hall–Kier alpha value is -1.88. The minimum Gasteiger partial charge on any atom is -0.322 e. The van der Waals surface area contributed by atoms with Gasteiger partial charge in [0.15, 0.2) is 0 Å². The largest absolute Gasteiger partial charge is 0.322 e. The van der Waals surface area contributed by atoms with Crippen LogP contribution in [0.15, 0.2) is 48.5 Å². The van der Waals surface area contributed by atoms with E-state index in [4.69, 9.17) is 0 Å². The predicted octanol–water partition coefficient (Wildman–Crippen LogP) is 5.03. The zero-order valence-corrected chi connectivity index (χ0v) is 16.8. The van der Waals surface area contributed by atoms with Crippen molar-refractivity contribution in [2.75, 3.05) is 0 Å². The lowest BCUT2D eigenvalue weighted by atomic mass is 9.92. The molecule has 2 atom stereocenters. The molecule has 2 aliphatic heterocycles. The van der Waals surface area contributed by atoms with Gasteiger partial charge in [0.2, 0.25) is 0 Å². The molecule has 0 saturated carbocycles. The maximum atomic E-state index is 13.0. The molecule has 2 nitrogen and oxygen atoms in total. The molecule has 0 aliphatic carbocycles. The van der Waals surface area contributed by atoms with Crippen LogP contribution in [0.4, 0.5) is 0 Å². The van der Waals surface area contributed by atoms with Gasteiger partial charge in [0.1, 0.15) is 15.6 Å². The molecule has 130 valence electrons. The van der Waals surface area contributed by atoms with Crippen molar-refractivity contribution in [1.29, 1.82) is 0 Å². The minimum absolute atomic E-state index is 0.603. The smallest absolute Gasteiger partial charge is 0.109 e. The summed E-state index contributed by atoms with van der Waals surface area (Å²) in [6.45, 7) is 4.11. The molecule has 2 heterocycles. The van der Waals surface area contributed by atoms with Gasteiger partial charge < -0.3 is 9.13 Å². The quantitative estimate of drug-likeness (QED) is 0.514. The number of hydrogen-bond acceptors (Lipinski definition) is 2. The monoisotopic (exact) mass is 378 g/mol. The van der Waals surface area contributed by atoms with E-state index in [2.05, 4.69) is 55.5 Å². The molecule has 2 aliphatic rings. The fourth-order valence-electron chi connectivity index (χ4n) is 4.29. The summed E-state index contributed by atoms with van der Waals surface area (Å²) in [6, 6.07) is 16.9. The van der Waals surface area contributed by atoms with Crippen LogP contribution in [0.1, 0.15) is 22.3 Å². The third-order valence-corrected chi connectivity index (χ3v) is 9.00. The second kappa shape index (κ2) is 5.81. The van der Waals surface area contributed by atoms with Crippen LogP contribution in [0.25, 0.3) is 22.3 Å². The highest BCUT2D eigenvalue weighted by atomic mass is 31.1. The van der Waals surface area contributed by atoms with Gasteiger partial charge in [0.05, 0.1) is 0 Å². The van der Waals surface area contributed by atoms with Crippen molar-refractivity contribution in [2.24, 2.45) is 0 Å². The Morgan fingerprint density at radius 2 is 1.19 bits per heavy atom. The molecule has 5 rings (SSSR count). The average molecular weight is 378 g/mol. The molecule has 0 saturated heterocycles. The molecule has 4 heteroatoms. The Kier molecular flexibility index (Phi) is 3.64. The van der Waals surface area contributed by atoms with Crippen LogP contribution in [-0.4, -0.2) is 0 Å². The topological polar surface area (TPSA) is 34.1 Å². The molecule has 0 radical (unpaired) electrons. The summed E-state index contributed by atoms with van der Waals surface area (Å²) in [5.74, 6) is 0. The molecule has 0 spiro atoms. The van der Waals surface area contributed by atoms with Crippen LogP contribution in [0, 0.1) is 13.8 Å². The van der Waals surface area contributed by atoms with E-state index in [0.29, 0.717) is 12.3 Å². The first-order valence-corrected chi connectivity index (χ1v) is 12.2. The summed E-state index contributed by atoms with van der Waals surface area (Å²) in [5.41, 5.74) is 9.11. The van der Waals surface area contributed by atoms with E-state index in [1.165, 1.54) is 16.7 Å². The van der Waals surface area contributed by atoms with Gasteiger partial charge in [-0.25, -0.2) is 0 Å². The van der Waals surface area contributed by atoms with E-state index in [1.807, 2.05) is 6.92 Å². The fraction of sp³-hybridized carbons (Fsp3) is 0.182. The van der Waals surface area contributed by atoms with Crippen LogP contribution in [0.2, 0.25) is 0 Å². The number of aryl methyl sites for hydroxylation is 2. The van der Waals surface area contributed by atoms with Crippen LogP contribution in [0.3, 0.4) is 0 Å². The van der Waals surface area contributed by atoms with Crippen molar-refractivity contribution in [1.82, 2.24) is 0 Å². The van der Waals surface area contributed by atoms with Gasteiger partial charge in [0, 0.05) is 22.9 Å². The van der Waals surface area contributed by atoms with Crippen LogP contribution in [0.5, 0.6) is 0 Å². The van der Waals surface area contributed by atoms with E-state index in [0.717, 1.165) is 38.4 Å². The molecule has 0 N–H and O–H groups in total. The molecular weight excluding hydrogens is 358 g/mol. The fourth-order valence-corrected chi connectivity index (χ4v) is 7.66. The number of benzene rings is 3.